The molecule has 22 heavy (non-hydrogen) atoms. The van der Waals surface area contributed by atoms with Crippen molar-refractivity contribution in [3.05, 3.63) is 57.5 Å². The van der Waals surface area contributed by atoms with Crippen LogP contribution in [0.5, 0.6) is 0 Å². The Morgan fingerprint density at radius 3 is 2.68 bits per heavy atom. The number of benzene rings is 1. The maximum atomic E-state index is 12.3. The molecule has 0 unspecified atom stereocenters. The summed E-state index contributed by atoms with van der Waals surface area (Å²) in [5.41, 5.74) is 2.15. The second kappa shape index (κ2) is 7.14. The van der Waals surface area contributed by atoms with Gasteiger partial charge in [0.25, 0.3) is 0 Å². The lowest BCUT2D eigenvalue weighted by atomic mass is 10.1. The van der Waals surface area contributed by atoms with Gasteiger partial charge in [-0.05, 0) is 60.7 Å². The average molecular weight is 428 g/mol. The van der Waals surface area contributed by atoms with Crippen molar-refractivity contribution >= 4 is 37.8 Å². The molecule has 1 aliphatic rings. The molecule has 0 amide bonds. The van der Waals surface area contributed by atoms with Crippen molar-refractivity contribution in [3.63, 3.8) is 0 Å². The monoisotopic (exact) mass is 426 g/mol. The smallest absolute Gasteiger partial charge is 0.310 e. The minimum absolute atomic E-state index is 0.0471. The third-order valence-electron chi connectivity index (χ3n) is 4.22. The Kier molecular flexibility index (Phi) is 5.67. The first-order valence-electron chi connectivity index (χ1n) is 7.24. The van der Waals surface area contributed by atoms with Gasteiger partial charge in [-0.1, -0.05) is 50.3 Å². The van der Waals surface area contributed by atoms with Crippen molar-refractivity contribution in [2.24, 2.45) is 17.3 Å². The van der Waals surface area contributed by atoms with Gasteiger partial charge in [0.1, 0.15) is 6.61 Å². The second-order valence-electron chi connectivity index (χ2n) is 6.20. The maximum absolute atomic E-state index is 12.3. The van der Waals surface area contributed by atoms with Crippen LogP contribution in [-0.2, 0) is 22.6 Å². The zero-order chi connectivity index (χ0) is 16.3. The first kappa shape index (κ1) is 17.5. The Bertz CT molecular complexity index is 601. The molecule has 1 aliphatic carbocycles. The van der Waals surface area contributed by atoms with E-state index in [-0.39, 0.29) is 23.2 Å². The van der Waals surface area contributed by atoms with Crippen LogP contribution < -0.4 is 0 Å². The normalized spacial score (nSPS) is 21.8. The number of allylic oxidation sites excluding steroid dienone is 2. The van der Waals surface area contributed by atoms with Crippen molar-refractivity contribution in [3.8, 4) is 0 Å². The van der Waals surface area contributed by atoms with Gasteiger partial charge in [-0.3, -0.25) is 4.79 Å². The molecule has 2 nitrogen and oxygen atoms in total. The van der Waals surface area contributed by atoms with Gasteiger partial charge in [0.15, 0.2) is 0 Å². The summed E-state index contributed by atoms with van der Waals surface area (Å²) in [5, 5.41) is 0. The first-order valence-corrected chi connectivity index (χ1v) is 8.83. The highest BCUT2D eigenvalue weighted by atomic mass is 79.9. The van der Waals surface area contributed by atoms with Gasteiger partial charge in [0.2, 0.25) is 0 Å². The quantitative estimate of drug-likeness (QED) is 0.451. The molecule has 0 N–H and O–H groups in total. The highest BCUT2D eigenvalue weighted by Crippen LogP contribution is 2.60. The Balaban J connectivity index is 1.95. The van der Waals surface area contributed by atoms with Crippen molar-refractivity contribution in [2.45, 2.75) is 26.9 Å². The van der Waals surface area contributed by atoms with Crippen LogP contribution in [0.1, 0.15) is 25.0 Å². The Hall–Kier alpha value is -0.870. The van der Waals surface area contributed by atoms with Crippen LogP contribution in [0.2, 0.25) is 0 Å². The molecule has 2 atom stereocenters. The molecule has 1 fully saturated rings. The van der Waals surface area contributed by atoms with E-state index in [2.05, 4.69) is 58.4 Å². The maximum Gasteiger partial charge on any atom is 0.310 e. The Labute approximate surface area is 148 Å². The standard InChI is InChI=1S/C18H20Br2O2/c1-4-6-12-7-5-8-13(9-12)11-22-17(21)16-14(10-15(19)20)18(16,2)3/h4-5,7-10,14,16H,1,6,11H2,2-3H3/t14-,16+/m1/s1. The molecular weight excluding hydrogens is 408 g/mol. The minimum Gasteiger partial charge on any atom is -0.461 e. The van der Waals surface area contributed by atoms with Gasteiger partial charge in [0, 0.05) is 0 Å². The molecular formula is C18H20Br2O2. The first-order chi connectivity index (χ1) is 10.4. The van der Waals surface area contributed by atoms with Crippen LogP contribution in [0, 0.1) is 17.3 Å². The third-order valence-corrected chi connectivity index (χ3v) is 4.75. The van der Waals surface area contributed by atoms with Crippen molar-refractivity contribution in [1.29, 1.82) is 0 Å². The van der Waals surface area contributed by atoms with Crippen LogP contribution in [-0.4, -0.2) is 5.97 Å². The molecule has 0 spiro atoms. The summed E-state index contributed by atoms with van der Waals surface area (Å²) >= 11 is 6.72. The topological polar surface area (TPSA) is 26.3 Å². The lowest BCUT2D eigenvalue weighted by Gasteiger charge is -2.07. The van der Waals surface area contributed by atoms with E-state index in [0.29, 0.717) is 6.61 Å². The van der Waals surface area contributed by atoms with E-state index in [9.17, 15) is 4.79 Å². The highest BCUT2D eigenvalue weighted by molar-refractivity contribution is 9.28. The summed E-state index contributed by atoms with van der Waals surface area (Å²) in [6.45, 7) is 8.24. The summed E-state index contributed by atoms with van der Waals surface area (Å²) in [7, 11) is 0. The van der Waals surface area contributed by atoms with E-state index in [4.69, 9.17) is 4.74 Å². The zero-order valence-corrected chi connectivity index (χ0v) is 16.0. The van der Waals surface area contributed by atoms with E-state index in [1.807, 2.05) is 30.4 Å². The van der Waals surface area contributed by atoms with Gasteiger partial charge >= 0.3 is 5.97 Å². The van der Waals surface area contributed by atoms with Crippen LogP contribution >= 0.6 is 31.9 Å². The van der Waals surface area contributed by atoms with Crippen LogP contribution in [0.4, 0.5) is 0 Å². The second-order valence-corrected chi connectivity index (χ2v) is 8.97. The fraction of sp³-hybridized carbons (Fsp3) is 0.389. The molecule has 1 aromatic carbocycles. The Morgan fingerprint density at radius 1 is 1.36 bits per heavy atom. The lowest BCUT2D eigenvalue weighted by molar-refractivity contribution is -0.147. The van der Waals surface area contributed by atoms with Gasteiger partial charge in [-0.2, -0.15) is 0 Å². The van der Waals surface area contributed by atoms with E-state index in [1.54, 1.807) is 0 Å². The van der Waals surface area contributed by atoms with Crippen LogP contribution in [0.3, 0.4) is 0 Å². The largest absolute Gasteiger partial charge is 0.461 e. The third kappa shape index (κ3) is 4.11. The number of hydrogen-bond acceptors (Lipinski definition) is 2. The summed E-state index contributed by atoms with van der Waals surface area (Å²) in [6.07, 6.45) is 4.72. The molecule has 0 bridgehead atoms. The van der Waals surface area contributed by atoms with Crippen molar-refractivity contribution in [2.75, 3.05) is 0 Å². The molecule has 0 aromatic heterocycles. The highest BCUT2D eigenvalue weighted by Gasteiger charge is 2.61. The molecule has 4 heteroatoms. The molecule has 0 saturated heterocycles. The van der Waals surface area contributed by atoms with Gasteiger partial charge in [-0.15, -0.1) is 6.58 Å². The van der Waals surface area contributed by atoms with E-state index in [0.717, 1.165) is 15.4 Å². The lowest BCUT2D eigenvalue weighted by Crippen LogP contribution is -2.10. The molecule has 2 rings (SSSR count). The number of esters is 1. The SMILES string of the molecule is C=CCc1cccc(COC(=O)[C@@H]2[C@@H](C=C(Br)Br)C2(C)C)c1. The molecule has 118 valence electrons. The molecule has 0 aliphatic heterocycles. The van der Waals surface area contributed by atoms with E-state index < -0.39 is 0 Å². The summed E-state index contributed by atoms with van der Waals surface area (Å²) < 4.78 is 6.39. The molecule has 0 heterocycles. The minimum atomic E-state index is -0.123. The number of rotatable bonds is 6. The summed E-state index contributed by atoms with van der Waals surface area (Å²) in [4.78, 5) is 12.3. The van der Waals surface area contributed by atoms with Crippen LogP contribution in [0.25, 0.3) is 0 Å². The van der Waals surface area contributed by atoms with Crippen molar-refractivity contribution < 1.29 is 9.53 Å². The number of carbonyl (C=O) groups excluding carboxylic acids is 1. The number of ether oxygens (including phenoxy) is 1. The van der Waals surface area contributed by atoms with Gasteiger partial charge in [0.05, 0.1) is 9.31 Å². The number of carbonyl (C=O) groups is 1. The number of halogens is 2. The van der Waals surface area contributed by atoms with Gasteiger partial charge in [-0.25, -0.2) is 0 Å². The molecule has 1 aromatic rings. The molecule has 0 radical (unpaired) electrons. The predicted octanol–water partition coefficient (Wildman–Crippen LogP) is 5.36. The van der Waals surface area contributed by atoms with E-state index in [1.165, 1.54) is 5.56 Å². The zero-order valence-electron chi connectivity index (χ0n) is 12.8. The molecule has 1 saturated carbocycles. The van der Waals surface area contributed by atoms with E-state index >= 15 is 0 Å². The predicted molar refractivity (Wildman–Crippen MR) is 96.8 cm³/mol. The fourth-order valence-corrected chi connectivity index (χ4v) is 3.40. The number of hydrogen-bond donors (Lipinski definition) is 0. The summed E-state index contributed by atoms with van der Waals surface area (Å²) in [6, 6.07) is 8.06. The summed E-state index contributed by atoms with van der Waals surface area (Å²) in [5.74, 6) is 0.0106. The fourth-order valence-electron chi connectivity index (χ4n) is 2.83. The van der Waals surface area contributed by atoms with Crippen molar-refractivity contribution in [1.82, 2.24) is 0 Å². The van der Waals surface area contributed by atoms with Gasteiger partial charge < -0.3 is 4.74 Å². The average Bonchev–Trinajstić information content (AvgIpc) is 2.97. The van der Waals surface area contributed by atoms with Crippen LogP contribution in [0.15, 0.2) is 46.4 Å². The Morgan fingerprint density at radius 2 is 2.05 bits per heavy atom.